The number of phenols is 2. The van der Waals surface area contributed by atoms with Crippen LogP contribution in [0.4, 0.5) is 11.8 Å². The van der Waals surface area contributed by atoms with E-state index in [1.54, 1.807) is 55.5 Å². The maximum atomic E-state index is 9.72. The second-order valence-corrected chi connectivity index (χ2v) is 5.43. The number of rotatable bonds is 6. The molecule has 0 aliphatic rings. The van der Waals surface area contributed by atoms with E-state index in [4.69, 9.17) is 0 Å². The summed E-state index contributed by atoms with van der Waals surface area (Å²) in [5, 5.41) is 35.3. The zero-order valence-electron chi connectivity index (χ0n) is 14.4. The number of benzene rings is 2. The molecule has 0 spiro atoms. The third-order valence-corrected chi connectivity index (χ3v) is 3.47. The van der Waals surface area contributed by atoms with Crippen molar-refractivity contribution in [3.05, 3.63) is 65.4 Å². The van der Waals surface area contributed by atoms with Crippen molar-refractivity contribution in [2.75, 3.05) is 10.9 Å². The quantitative estimate of drug-likeness (QED) is 0.391. The van der Waals surface area contributed by atoms with Crippen LogP contribution in [0.5, 0.6) is 11.5 Å². The molecule has 4 N–H and O–H groups in total. The molecule has 0 amide bonds. The highest BCUT2D eigenvalue weighted by molar-refractivity contribution is 5.84. The maximum Gasteiger partial charge on any atom is 0.265 e. The SMILES string of the molecule is Cc1nnc(NN=Cc2ccccc2O)nc1NN=Cc1ccccc1O. The number of aromatic hydroxyl groups is 2. The molecule has 0 saturated heterocycles. The number of aryl methyl sites for hydroxylation is 1. The van der Waals surface area contributed by atoms with Gasteiger partial charge in [-0.3, -0.25) is 5.43 Å². The first-order valence-electron chi connectivity index (χ1n) is 7.99. The molecule has 9 nitrogen and oxygen atoms in total. The molecule has 0 radical (unpaired) electrons. The van der Waals surface area contributed by atoms with E-state index >= 15 is 0 Å². The number of nitrogens with zero attached hydrogens (tertiary/aromatic N) is 5. The molecule has 0 saturated carbocycles. The van der Waals surface area contributed by atoms with Gasteiger partial charge in [-0.25, -0.2) is 5.43 Å². The Labute approximate surface area is 155 Å². The van der Waals surface area contributed by atoms with Crippen LogP contribution in [0.15, 0.2) is 58.7 Å². The van der Waals surface area contributed by atoms with Crippen LogP contribution in [0.1, 0.15) is 16.8 Å². The topological polar surface area (TPSA) is 128 Å². The summed E-state index contributed by atoms with van der Waals surface area (Å²) in [6.45, 7) is 1.73. The van der Waals surface area contributed by atoms with E-state index in [0.29, 0.717) is 22.6 Å². The lowest BCUT2D eigenvalue weighted by atomic mass is 10.2. The van der Waals surface area contributed by atoms with E-state index in [1.165, 1.54) is 12.4 Å². The molecule has 27 heavy (non-hydrogen) atoms. The second-order valence-electron chi connectivity index (χ2n) is 5.43. The summed E-state index contributed by atoms with van der Waals surface area (Å²) in [5.74, 6) is 0.790. The third kappa shape index (κ3) is 4.75. The van der Waals surface area contributed by atoms with Gasteiger partial charge in [0.15, 0.2) is 5.82 Å². The van der Waals surface area contributed by atoms with Crippen molar-refractivity contribution in [3.8, 4) is 11.5 Å². The predicted molar refractivity (Wildman–Crippen MR) is 103 cm³/mol. The number of para-hydroxylation sites is 2. The van der Waals surface area contributed by atoms with Crippen molar-refractivity contribution in [2.24, 2.45) is 10.2 Å². The number of hydrogen-bond acceptors (Lipinski definition) is 9. The number of aromatic nitrogens is 3. The Morgan fingerprint density at radius 3 is 1.96 bits per heavy atom. The predicted octanol–water partition coefficient (Wildman–Crippen LogP) is 2.48. The lowest BCUT2D eigenvalue weighted by molar-refractivity contribution is 0.474. The van der Waals surface area contributed by atoms with Crippen LogP contribution in [0, 0.1) is 6.92 Å². The highest BCUT2D eigenvalue weighted by Gasteiger charge is 2.04. The molecule has 0 fully saturated rings. The molecule has 1 heterocycles. The molecule has 136 valence electrons. The third-order valence-electron chi connectivity index (χ3n) is 3.47. The summed E-state index contributed by atoms with van der Waals surface area (Å²) in [6, 6.07) is 13.6. The highest BCUT2D eigenvalue weighted by atomic mass is 16.3. The van der Waals surface area contributed by atoms with Crippen LogP contribution in [0.2, 0.25) is 0 Å². The fourth-order valence-electron chi connectivity index (χ4n) is 2.05. The minimum Gasteiger partial charge on any atom is -0.507 e. The molecule has 1 aromatic heterocycles. The van der Waals surface area contributed by atoms with Gasteiger partial charge in [0.2, 0.25) is 0 Å². The lowest BCUT2D eigenvalue weighted by Gasteiger charge is -2.05. The van der Waals surface area contributed by atoms with Crippen molar-refractivity contribution in [1.82, 2.24) is 15.2 Å². The maximum absolute atomic E-state index is 9.72. The second kappa shape index (κ2) is 8.39. The Kier molecular flexibility index (Phi) is 5.53. The Balaban J connectivity index is 1.67. The van der Waals surface area contributed by atoms with Gasteiger partial charge >= 0.3 is 0 Å². The Morgan fingerprint density at radius 1 is 0.815 bits per heavy atom. The van der Waals surface area contributed by atoms with Crippen molar-refractivity contribution in [3.63, 3.8) is 0 Å². The van der Waals surface area contributed by atoms with E-state index in [-0.39, 0.29) is 17.4 Å². The van der Waals surface area contributed by atoms with Gasteiger partial charge in [-0.1, -0.05) is 24.3 Å². The van der Waals surface area contributed by atoms with Crippen molar-refractivity contribution in [2.45, 2.75) is 6.92 Å². The summed E-state index contributed by atoms with van der Waals surface area (Å²) < 4.78 is 0. The molecule has 3 rings (SSSR count). The number of anilines is 2. The first-order chi connectivity index (χ1) is 13.1. The van der Waals surface area contributed by atoms with Gasteiger partial charge in [0.1, 0.15) is 17.2 Å². The number of phenolic OH excluding ortho intramolecular Hbond substituents is 2. The molecule has 3 aromatic rings. The van der Waals surface area contributed by atoms with Gasteiger partial charge in [-0.05, 0) is 31.2 Å². The summed E-state index contributed by atoms with van der Waals surface area (Å²) >= 11 is 0. The van der Waals surface area contributed by atoms with Crippen LogP contribution in [-0.4, -0.2) is 37.8 Å². The first-order valence-corrected chi connectivity index (χ1v) is 7.99. The Bertz CT molecular complexity index is 989. The molecular weight excluding hydrogens is 346 g/mol. The van der Waals surface area contributed by atoms with Crippen LogP contribution in [0.3, 0.4) is 0 Å². The van der Waals surface area contributed by atoms with Gasteiger partial charge in [-0.15, -0.1) is 10.2 Å². The summed E-state index contributed by atoms with van der Waals surface area (Å²) in [4.78, 5) is 4.23. The minimum absolute atomic E-state index is 0.117. The zero-order valence-corrected chi connectivity index (χ0v) is 14.4. The smallest absolute Gasteiger partial charge is 0.265 e. The largest absolute Gasteiger partial charge is 0.507 e. The molecule has 0 unspecified atom stereocenters. The van der Waals surface area contributed by atoms with Gasteiger partial charge in [0.05, 0.1) is 12.4 Å². The first kappa shape index (κ1) is 17.8. The summed E-state index contributed by atoms with van der Waals surface area (Å²) in [7, 11) is 0. The summed E-state index contributed by atoms with van der Waals surface area (Å²) in [6.07, 6.45) is 2.92. The molecular formula is C18H17N7O2. The Hall–Kier alpha value is -4.01. The monoisotopic (exact) mass is 363 g/mol. The van der Waals surface area contributed by atoms with Crippen LogP contribution < -0.4 is 10.9 Å². The average molecular weight is 363 g/mol. The molecule has 0 aliphatic carbocycles. The van der Waals surface area contributed by atoms with E-state index < -0.39 is 0 Å². The normalized spacial score (nSPS) is 11.1. The van der Waals surface area contributed by atoms with E-state index in [0.717, 1.165) is 0 Å². The van der Waals surface area contributed by atoms with E-state index in [2.05, 4.69) is 36.2 Å². The van der Waals surface area contributed by atoms with Crippen LogP contribution in [0.25, 0.3) is 0 Å². The van der Waals surface area contributed by atoms with E-state index in [1.807, 2.05) is 0 Å². The van der Waals surface area contributed by atoms with Crippen molar-refractivity contribution < 1.29 is 10.2 Å². The number of nitrogens with one attached hydrogen (secondary N) is 2. The molecule has 0 aliphatic heterocycles. The zero-order chi connectivity index (χ0) is 19.1. The highest BCUT2D eigenvalue weighted by Crippen LogP contribution is 2.15. The van der Waals surface area contributed by atoms with Gasteiger partial charge < -0.3 is 10.2 Å². The Morgan fingerprint density at radius 2 is 1.37 bits per heavy atom. The van der Waals surface area contributed by atoms with Gasteiger partial charge in [-0.2, -0.15) is 15.2 Å². The molecule has 9 heteroatoms. The summed E-state index contributed by atoms with van der Waals surface area (Å²) in [5.41, 5.74) is 7.06. The number of hydrazone groups is 2. The molecule has 0 bridgehead atoms. The minimum atomic E-state index is 0.117. The fourth-order valence-corrected chi connectivity index (χ4v) is 2.05. The van der Waals surface area contributed by atoms with E-state index in [9.17, 15) is 10.2 Å². The molecule has 2 aromatic carbocycles. The van der Waals surface area contributed by atoms with Gasteiger partial charge in [0.25, 0.3) is 5.95 Å². The average Bonchev–Trinajstić information content (AvgIpc) is 2.67. The van der Waals surface area contributed by atoms with Crippen LogP contribution in [-0.2, 0) is 0 Å². The standard InChI is InChI=1S/C18H17N7O2/c1-12-17(23-19-10-13-6-2-4-8-15(13)26)21-18(25-22-12)24-20-11-14-7-3-5-9-16(14)27/h2-11,26-27H,1H3,(H2,21,23,24,25). The van der Waals surface area contributed by atoms with Crippen molar-refractivity contribution >= 4 is 24.2 Å². The van der Waals surface area contributed by atoms with Crippen LogP contribution >= 0.6 is 0 Å². The van der Waals surface area contributed by atoms with Gasteiger partial charge in [0, 0.05) is 11.1 Å². The fraction of sp³-hybridized carbons (Fsp3) is 0.0556. The number of hydrogen-bond donors (Lipinski definition) is 4. The lowest BCUT2D eigenvalue weighted by Crippen LogP contribution is -2.05. The molecule has 0 atom stereocenters. The van der Waals surface area contributed by atoms with Crippen molar-refractivity contribution in [1.29, 1.82) is 0 Å².